The molecule has 2 aromatic carbocycles. The number of carbonyl (C=O) groups is 2. The average Bonchev–Trinajstić information content (AvgIpc) is 3.08. The average molecular weight is 352 g/mol. The maximum Gasteiger partial charge on any atom is 0.232 e. The van der Waals surface area contributed by atoms with E-state index in [2.05, 4.69) is 0 Å². The summed E-state index contributed by atoms with van der Waals surface area (Å²) in [5, 5.41) is 0. The van der Waals surface area contributed by atoms with Gasteiger partial charge in [-0.15, -0.1) is 0 Å². The summed E-state index contributed by atoms with van der Waals surface area (Å²) >= 11 is 0. The van der Waals surface area contributed by atoms with E-state index in [-0.39, 0.29) is 24.2 Å². The van der Waals surface area contributed by atoms with Gasteiger partial charge in [-0.2, -0.15) is 0 Å². The fraction of sp³-hybridized carbons (Fsp3) is 0.300. The van der Waals surface area contributed by atoms with Gasteiger partial charge >= 0.3 is 0 Å². The van der Waals surface area contributed by atoms with Crippen molar-refractivity contribution in [3.05, 3.63) is 48.5 Å². The Morgan fingerprint density at radius 2 is 1.92 bits per heavy atom. The Kier molecular flexibility index (Phi) is 4.24. The summed E-state index contributed by atoms with van der Waals surface area (Å²) in [5.41, 5.74) is 1.56. The summed E-state index contributed by atoms with van der Waals surface area (Å²) < 4.78 is 10.8. The van der Waals surface area contributed by atoms with Crippen molar-refractivity contribution in [3.63, 3.8) is 0 Å². The number of benzene rings is 2. The molecule has 0 saturated carbocycles. The van der Waals surface area contributed by atoms with E-state index in [9.17, 15) is 9.59 Å². The van der Waals surface area contributed by atoms with Gasteiger partial charge in [0.15, 0.2) is 0 Å². The summed E-state index contributed by atoms with van der Waals surface area (Å²) in [7, 11) is 1.60. The number of amides is 2. The van der Waals surface area contributed by atoms with Crippen molar-refractivity contribution in [3.8, 4) is 11.5 Å². The molecule has 1 atom stereocenters. The minimum absolute atomic E-state index is 0.0230. The quantitative estimate of drug-likeness (QED) is 0.851. The van der Waals surface area contributed by atoms with Crippen LogP contribution in [0.4, 0.5) is 11.4 Å². The van der Waals surface area contributed by atoms with Crippen LogP contribution in [-0.4, -0.2) is 38.6 Å². The second-order valence-electron chi connectivity index (χ2n) is 6.41. The Morgan fingerprint density at radius 1 is 1.15 bits per heavy atom. The predicted molar refractivity (Wildman–Crippen MR) is 97.7 cm³/mol. The number of ether oxygens (including phenoxy) is 2. The highest BCUT2D eigenvalue weighted by molar-refractivity contribution is 6.05. The molecule has 1 fully saturated rings. The fourth-order valence-corrected chi connectivity index (χ4v) is 3.50. The Labute approximate surface area is 151 Å². The largest absolute Gasteiger partial charge is 0.497 e. The third-order valence-electron chi connectivity index (χ3n) is 4.85. The number of fused-ring (bicyclic) bond motifs is 1. The second kappa shape index (κ2) is 6.71. The van der Waals surface area contributed by atoms with Crippen LogP contribution in [-0.2, 0) is 9.59 Å². The number of carbonyl (C=O) groups excluding carboxylic acids is 2. The highest BCUT2D eigenvalue weighted by Gasteiger charge is 2.38. The molecule has 6 heteroatoms. The van der Waals surface area contributed by atoms with E-state index in [1.165, 1.54) is 0 Å². The van der Waals surface area contributed by atoms with Gasteiger partial charge < -0.3 is 19.3 Å². The fourth-order valence-electron chi connectivity index (χ4n) is 3.50. The zero-order valence-electron chi connectivity index (χ0n) is 14.6. The standard InChI is InChI=1S/C20H20N2O4/c1-25-16-8-6-15(7-9-16)22-13-14(12-19(22)23)20(24)21-10-11-26-18-5-3-2-4-17(18)21/h2-9,14H,10-13H2,1H3. The monoisotopic (exact) mass is 352 g/mol. The first-order valence-corrected chi connectivity index (χ1v) is 8.65. The SMILES string of the molecule is COc1ccc(N2CC(C(=O)N3CCOc4ccccc43)CC2=O)cc1. The Bertz CT molecular complexity index is 834. The number of hydrogen-bond donors (Lipinski definition) is 0. The highest BCUT2D eigenvalue weighted by atomic mass is 16.5. The van der Waals surface area contributed by atoms with Crippen molar-refractivity contribution in [2.45, 2.75) is 6.42 Å². The lowest BCUT2D eigenvalue weighted by Gasteiger charge is -2.31. The number of hydrogen-bond acceptors (Lipinski definition) is 4. The van der Waals surface area contributed by atoms with E-state index in [1.54, 1.807) is 16.9 Å². The number of para-hydroxylation sites is 2. The van der Waals surface area contributed by atoms with Crippen LogP contribution in [0.15, 0.2) is 48.5 Å². The van der Waals surface area contributed by atoms with E-state index in [4.69, 9.17) is 9.47 Å². The van der Waals surface area contributed by atoms with E-state index in [0.717, 1.165) is 17.1 Å². The molecular weight excluding hydrogens is 332 g/mol. The molecule has 0 spiro atoms. The van der Waals surface area contributed by atoms with Crippen molar-refractivity contribution in [2.24, 2.45) is 5.92 Å². The number of rotatable bonds is 3. The lowest BCUT2D eigenvalue weighted by atomic mass is 10.1. The lowest BCUT2D eigenvalue weighted by Crippen LogP contribution is -2.42. The minimum atomic E-state index is -0.351. The van der Waals surface area contributed by atoms with E-state index < -0.39 is 0 Å². The Balaban J connectivity index is 1.52. The van der Waals surface area contributed by atoms with Gasteiger partial charge in [-0.05, 0) is 36.4 Å². The van der Waals surface area contributed by atoms with Gasteiger partial charge in [0.05, 0.1) is 25.3 Å². The Hall–Kier alpha value is -3.02. The zero-order chi connectivity index (χ0) is 18.1. The maximum absolute atomic E-state index is 13.1. The van der Waals surface area contributed by atoms with Gasteiger partial charge in [-0.3, -0.25) is 9.59 Å². The normalized spacial score (nSPS) is 19.1. The highest BCUT2D eigenvalue weighted by Crippen LogP contribution is 2.34. The molecule has 0 bridgehead atoms. The number of methoxy groups -OCH3 is 1. The predicted octanol–water partition coefficient (Wildman–Crippen LogP) is 2.47. The molecule has 26 heavy (non-hydrogen) atoms. The molecule has 2 aliphatic rings. The van der Waals surface area contributed by atoms with Gasteiger partial charge in [0.25, 0.3) is 0 Å². The third-order valence-corrected chi connectivity index (χ3v) is 4.85. The maximum atomic E-state index is 13.1. The van der Waals surface area contributed by atoms with Crippen molar-refractivity contribution in [1.82, 2.24) is 0 Å². The molecule has 0 aliphatic carbocycles. The first kappa shape index (κ1) is 16.4. The van der Waals surface area contributed by atoms with Gasteiger partial charge in [0, 0.05) is 18.7 Å². The first-order chi connectivity index (χ1) is 12.7. The zero-order valence-corrected chi connectivity index (χ0v) is 14.6. The van der Waals surface area contributed by atoms with Crippen molar-refractivity contribution < 1.29 is 19.1 Å². The molecule has 2 heterocycles. The minimum Gasteiger partial charge on any atom is -0.497 e. The van der Waals surface area contributed by atoms with Crippen LogP contribution in [0.1, 0.15) is 6.42 Å². The number of anilines is 2. The van der Waals surface area contributed by atoms with Crippen molar-refractivity contribution in [1.29, 1.82) is 0 Å². The smallest absolute Gasteiger partial charge is 0.232 e. The summed E-state index contributed by atoms with van der Waals surface area (Å²) in [4.78, 5) is 28.9. The van der Waals surface area contributed by atoms with Crippen molar-refractivity contribution in [2.75, 3.05) is 36.6 Å². The van der Waals surface area contributed by atoms with Gasteiger partial charge in [0.1, 0.15) is 18.1 Å². The van der Waals surface area contributed by atoms with Crippen LogP contribution in [0.2, 0.25) is 0 Å². The van der Waals surface area contributed by atoms with E-state index in [1.807, 2.05) is 48.5 Å². The molecule has 2 aliphatic heterocycles. The summed E-state index contributed by atoms with van der Waals surface area (Å²) in [5.74, 6) is 1.04. The van der Waals surface area contributed by atoms with Crippen LogP contribution in [0.5, 0.6) is 11.5 Å². The second-order valence-corrected chi connectivity index (χ2v) is 6.41. The van der Waals surface area contributed by atoms with Crippen LogP contribution in [0.25, 0.3) is 0 Å². The molecule has 134 valence electrons. The molecule has 1 saturated heterocycles. The molecule has 0 aromatic heterocycles. The summed E-state index contributed by atoms with van der Waals surface area (Å²) in [6, 6.07) is 14.8. The van der Waals surface area contributed by atoms with Gasteiger partial charge in [-0.25, -0.2) is 0 Å². The topological polar surface area (TPSA) is 59.1 Å². The lowest BCUT2D eigenvalue weighted by molar-refractivity contribution is -0.124. The van der Waals surface area contributed by atoms with E-state index >= 15 is 0 Å². The first-order valence-electron chi connectivity index (χ1n) is 8.65. The molecular formula is C20H20N2O4. The number of nitrogens with zero attached hydrogens (tertiary/aromatic N) is 2. The molecule has 4 rings (SSSR count). The Morgan fingerprint density at radius 3 is 2.69 bits per heavy atom. The van der Waals surface area contributed by atoms with Gasteiger partial charge in [-0.1, -0.05) is 12.1 Å². The molecule has 0 radical (unpaired) electrons. The molecule has 2 amide bonds. The van der Waals surface area contributed by atoms with Crippen LogP contribution < -0.4 is 19.3 Å². The summed E-state index contributed by atoms with van der Waals surface area (Å²) in [6.45, 7) is 1.36. The van der Waals surface area contributed by atoms with Crippen LogP contribution >= 0.6 is 0 Å². The van der Waals surface area contributed by atoms with Crippen LogP contribution in [0, 0.1) is 5.92 Å². The molecule has 1 unspecified atom stereocenters. The molecule has 0 N–H and O–H groups in total. The van der Waals surface area contributed by atoms with Crippen molar-refractivity contribution >= 4 is 23.2 Å². The molecule has 6 nitrogen and oxygen atoms in total. The summed E-state index contributed by atoms with van der Waals surface area (Å²) in [6.07, 6.45) is 0.227. The third kappa shape index (κ3) is 2.87. The van der Waals surface area contributed by atoms with Crippen LogP contribution in [0.3, 0.4) is 0 Å². The molecule has 2 aromatic rings. The van der Waals surface area contributed by atoms with Gasteiger partial charge in [0.2, 0.25) is 11.8 Å². The van der Waals surface area contributed by atoms with E-state index in [0.29, 0.717) is 25.4 Å².